The molecule has 2 aliphatic heterocycles. The molecule has 0 bridgehead atoms. The van der Waals surface area contributed by atoms with Gasteiger partial charge in [0.05, 0.1) is 12.7 Å². The quantitative estimate of drug-likeness (QED) is 0.818. The van der Waals surface area contributed by atoms with E-state index in [1.807, 2.05) is 4.90 Å². The highest BCUT2D eigenvalue weighted by Crippen LogP contribution is 2.33. The molecule has 0 N–H and O–H groups in total. The van der Waals surface area contributed by atoms with Crippen molar-refractivity contribution in [3.63, 3.8) is 0 Å². The highest BCUT2D eigenvalue weighted by Gasteiger charge is 2.42. The van der Waals surface area contributed by atoms with Gasteiger partial charge >= 0.3 is 0 Å². The zero-order chi connectivity index (χ0) is 17.3. The number of hydrogen-bond donors (Lipinski definition) is 0. The predicted octanol–water partition coefficient (Wildman–Crippen LogP) is 2.20. The number of nitrogens with zero attached hydrogens (tertiary/aromatic N) is 3. The van der Waals surface area contributed by atoms with Crippen LogP contribution in [-0.4, -0.2) is 80.1 Å². The van der Waals surface area contributed by atoms with Gasteiger partial charge in [0, 0.05) is 43.3 Å². The van der Waals surface area contributed by atoms with E-state index < -0.39 is 0 Å². The van der Waals surface area contributed by atoms with Crippen LogP contribution in [0, 0.1) is 0 Å². The fourth-order valence-electron chi connectivity index (χ4n) is 3.94. The van der Waals surface area contributed by atoms with Crippen LogP contribution in [0.25, 0.3) is 0 Å². The number of hydrogen-bond acceptors (Lipinski definition) is 4. The molecule has 6 heteroatoms. The van der Waals surface area contributed by atoms with Crippen LogP contribution >= 0.6 is 11.6 Å². The van der Waals surface area contributed by atoms with Gasteiger partial charge < -0.3 is 14.5 Å². The molecule has 0 aliphatic carbocycles. The summed E-state index contributed by atoms with van der Waals surface area (Å²) >= 11 is 6.07. The Morgan fingerprint density at radius 1 is 1.17 bits per heavy atom. The summed E-state index contributed by atoms with van der Waals surface area (Å²) in [6, 6.07) is 5.20. The van der Waals surface area contributed by atoms with Gasteiger partial charge in [-0.2, -0.15) is 0 Å². The van der Waals surface area contributed by atoms with E-state index in [4.69, 9.17) is 16.3 Å². The first-order valence-corrected chi connectivity index (χ1v) is 8.85. The first-order chi connectivity index (χ1) is 11.4. The lowest BCUT2D eigenvalue weighted by molar-refractivity contribution is -0.0157. The molecule has 24 heavy (non-hydrogen) atoms. The number of likely N-dealkylation sites (N-methyl/N-ethyl adjacent to an activating group) is 2. The number of piperazine rings is 1. The zero-order valence-electron chi connectivity index (χ0n) is 14.7. The minimum absolute atomic E-state index is 0.0102. The first kappa shape index (κ1) is 17.5. The van der Waals surface area contributed by atoms with Gasteiger partial charge in [-0.1, -0.05) is 11.6 Å². The second-order valence-electron chi connectivity index (χ2n) is 7.02. The van der Waals surface area contributed by atoms with Crippen LogP contribution in [0.15, 0.2) is 18.2 Å². The molecule has 0 radical (unpaired) electrons. The van der Waals surface area contributed by atoms with E-state index in [1.54, 1.807) is 25.3 Å². The standard InChI is InChI=1S/C18H26ClN3O2/c1-20-10-11-21(2)18(13-20)6-8-22(9-7-18)17(23)15-12-14(19)4-5-16(15)24-3/h4-5,12H,6-11,13H2,1-3H3. The smallest absolute Gasteiger partial charge is 0.257 e. The lowest BCUT2D eigenvalue weighted by Crippen LogP contribution is -2.64. The maximum Gasteiger partial charge on any atom is 0.257 e. The molecule has 2 heterocycles. The van der Waals surface area contributed by atoms with Crippen LogP contribution in [0.1, 0.15) is 23.2 Å². The number of ether oxygens (including phenoxy) is 1. The molecule has 1 aromatic carbocycles. The maximum atomic E-state index is 12.9. The SMILES string of the molecule is COc1ccc(Cl)cc1C(=O)N1CCC2(CC1)CN(C)CCN2C. The summed E-state index contributed by atoms with van der Waals surface area (Å²) < 4.78 is 5.33. The van der Waals surface area contributed by atoms with Crippen LogP contribution in [0.3, 0.4) is 0 Å². The van der Waals surface area contributed by atoms with E-state index in [0.29, 0.717) is 16.3 Å². The highest BCUT2D eigenvalue weighted by molar-refractivity contribution is 6.31. The average molecular weight is 352 g/mol. The first-order valence-electron chi connectivity index (χ1n) is 8.48. The number of carbonyl (C=O) groups is 1. The van der Waals surface area contributed by atoms with E-state index in [-0.39, 0.29) is 11.4 Å². The number of likely N-dealkylation sites (tertiary alicyclic amines) is 1. The summed E-state index contributed by atoms with van der Waals surface area (Å²) in [6.07, 6.45) is 2.00. The lowest BCUT2D eigenvalue weighted by Gasteiger charge is -2.52. The van der Waals surface area contributed by atoms with Crippen molar-refractivity contribution < 1.29 is 9.53 Å². The van der Waals surface area contributed by atoms with Crippen molar-refractivity contribution in [3.8, 4) is 5.75 Å². The third-order valence-electron chi connectivity index (χ3n) is 5.56. The molecule has 1 aromatic rings. The van der Waals surface area contributed by atoms with Gasteiger partial charge in [0.1, 0.15) is 5.75 Å². The fraction of sp³-hybridized carbons (Fsp3) is 0.611. The molecule has 0 atom stereocenters. The second kappa shape index (κ2) is 6.90. The van der Waals surface area contributed by atoms with Gasteiger partial charge in [0.2, 0.25) is 0 Å². The van der Waals surface area contributed by atoms with Crippen LogP contribution < -0.4 is 4.74 Å². The minimum Gasteiger partial charge on any atom is -0.496 e. The summed E-state index contributed by atoms with van der Waals surface area (Å²) in [5, 5.41) is 0.557. The Morgan fingerprint density at radius 2 is 1.88 bits per heavy atom. The predicted molar refractivity (Wildman–Crippen MR) is 96.0 cm³/mol. The average Bonchev–Trinajstić information content (AvgIpc) is 2.58. The molecule has 1 spiro atoms. The highest BCUT2D eigenvalue weighted by atomic mass is 35.5. The van der Waals surface area contributed by atoms with Gasteiger partial charge in [-0.15, -0.1) is 0 Å². The molecule has 0 saturated carbocycles. The molecular weight excluding hydrogens is 326 g/mol. The summed E-state index contributed by atoms with van der Waals surface area (Å²) in [6.45, 7) is 4.82. The number of carbonyl (C=O) groups excluding carboxylic acids is 1. The molecule has 3 rings (SSSR count). The largest absolute Gasteiger partial charge is 0.496 e. The Bertz CT molecular complexity index is 614. The molecule has 1 amide bonds. The number of piperidine rings is 1. The van der Waals surface area contributed by atoms with E-state index in [0.717, 1.165) is 45.6 Å². The van der Waals surface area contributed by atoms with Gasteiger partial charge in [-0.05, 0) is 45.1 Å². The molecule has 5 nitrogen and oxygen atoms in total. The van der Waals surface area contributed by atoms with Crippen LogP contribution in [0.2, 0.25) is 5.02 Å². The molecule has 132 valence electrons. The minimum atomic E-state index is 0.0102. The zero-order valence-corrected chi connectivity index (χ0v) is 15.5. The molecule has 2 aliphatic rings. The number of halogens is 1. The lowest BCUT2D eigenvalue weighted by atomic mass is 9.83. The molecule has 2 fully saturated rings. The van der Waals surface area contributed by atoms with Crippen molar-refractivity contribution in [1.29, 1.82) is 0 Å². The fourth-order valence-corrected chi connectivity index (χ4v) is 4.12. The summed E-state index contributed by atoms with van der Waals surface area (Å²) in [4.78, 5) is 19.7. The summed E-state index contributed by atoms with van der Waals surface area (Å²) in [5.41, 5.74) is 0.748. The van der Waals surface area contributed by atoms with Crippen LogP contribution in [-0.2, 0) is 0 Å². The Balaban J connectivity index is 1.73. The normalized spacial score (nSPS) is 21.9. The Kier molecular flexibility index (Phi) is 5.04. The van der Waals surface area contributed by atoms with Crippen LogP contribution in [0.4, 0.5) is 0 Å². The van der Waals surface area contributed by atoms with Gasteiger partial charge in [0.15, 0.2) is 0 Å². The third-order valence-corrected chi connectivity index (χ3v) is 5.80. The Morgan fingerprint density at radius 3 is 2.54 bits per heavy atom. The van der Waals surface area contributed by atoms with Gasteiger partial charge in [0.25, 0.3) is 5.91 Å². The van der Waals surface area contributed by atoms with Crippen LogP contribution in [0.5, 0.6) is 5.75 Å². The maximum absolute atomic E-state index is 12.9. The van der Waals surface area contributed by atoms with Crippen molar-refractivity contribution in [1.82, 2.24) is 14.7 Å². The Hall–Kier alpha value is -1.30. The third kappa shape index (κ3) is 3.25. The van der Waals surface area contributed by atoms with Crippen molar-refractivity contribution >= 4 is 17.5 Å². The van der Waals surface area contributed by atoms with Crippen molar-refractivity contribution in [2.75, 3.05) is 53.9 Å². The van der Waals surface area contributed by atoms with E-state index in [2.05, 4.69) is 23.9 Å². The van der Waals surface area contributed by atoms with Crippen molar-refractivity contribution in [3.05, 3.63) is 28.8 Å². The molecule has 0 aromatic heterocycles. The van der Waals surface area contributed by atoms with Gasteiger partial charge in [-0.3, -0.25) is 9.69 Å². The molecular formula is C18H26ClN3O2. The monoisotopic (exact) mass is 351 g/mol. The molecule has 2 saturated heterocycles. The van der Waals surface area contributed by atoms with E-state index in [1.165, 1.54) is 0 Å². The summed E-state index contributed by atoms with van der Waals surface area (Å²) in [5.74, 6) is 0.593. The van der Waals surface area contributed by atoms with E-state index in [9.17, 15) is 4.79 Å². The Labute approximate surface area is 149 Å². The number of rotatable bonds is 2. The van der Waals surface area contributed by atoms with Crippen molar-refractivity contribution in [2.24, 2.45) is 0 Å². The number of benzene rings is 1. The topological polar surface area (TPSA) is 36.0 Å². The second-order valence-corrected chi connectivity index (χ2v) is 7.46. The van der Waals surface area contributed by atoms with Crippen molar-refractivity contribution in [2.45, 2.75) is 18.4 Å². The molecule has 0 unspecified atom stereocenters. The van der Waals surface area contributed by atoms with E-state index >= 15 is 0 Å². The summed E-state index contributed by atoms with van der Waals surface area (Å²) in [7, 11) is 5.98. The van der Waals surface area contributed by atoms with Gasteiger partial charge in [-0.25, -0.2) is 0 Å². The number of methoxy groups -OCH3 is 1. The number of amides is 1.